The second kappa shape index (κ2) is 5.64. The first kappa shape index (κ1) is 13.5. The van der Waals surface area contributed by atoms with Crippen molar-refractivity contribution in [3.8, 4) is 0 Å². The van der Waals surface area contributed by atoms with Gasteiger partial charge in [0, 0.05) is 26.7 Å². The molecule has 1 saturated heterocycles. The first-order valence-electron chi connectivity index (χ1n) is 6.15. The Kier molecular flexibility index (Phi) is 4.74. The van der Waals surface area contributed by atoms with Crippen LogP contribution in [-0.4, -0.2) is 43.7 Å². The van der Waals surface area contributed by atoms with Crippen molar-refractivity contribution in [2.75, 3.05) is 26.7 Å². The number of nitrogens with two attached hydrogens (primary N) is 1. The molecule has 0 bridgehead atoms. The second-order valence-electron chi connectivity index (χ2n) is 4.59. The van der Waals surface area contributed by atoms with E-state index in [4.69, 9.17) is 10.5 Å². The number of likely N-dealkylation sites (tertiary alicyclic amines) is 1. The van der Waals surface area contributed by atoms with E-state index in [-0.39, 0.29) is 17.4 Å². The molecule has 16 heavy (non-hydrogen) atoms. The Morgan fingerprint density at radius 1 is 1.50 bits per heavy atom. The van der Waals surface area contributed by atoms with Gasteiger partial charge in [-0.1, -0.05) is 13.8 Å². The summed E-state index contributed by atoms with van der Waals surface area (Å²) in [5.41, 5.74) is 5.43. The first-order chi connectivity index (χ1) is 7.63. The minimum absolute atomic E-state index is 0.202. The highest BCUT2D eigenvalue weighted by Crippen LogP contribution is 2.29. The summed E-state index contributed by atoms with van der Waals surface area (Å²) in [6.07, 6.45) is 2.77. The summed E-state index contributed by atoms with van der Waals surface area (Å²) in [5, 5.41) is 0. The van der Waals surface area contributed by atoms with E-state index in [9.17, 15) is 4.79 Å². The van der Waals surface area contributed by atoms with Crippen molar-refractivity contribution in [2.45, 2.75) is 39.2 Å². The van der Waals surface area contributed by atoms with Gasteiger partial charge in [0.2, 0.25) is 5.91 Å². The van der Waals surface area contributed by atoms with Crippen LogP contribution in [0.4, 0.5) is 0 Å². The molecule has 1 rings (SSSR count). The maximum absolute atomic E-state index is 12.4. The molecule has 0 aromatic heterocycles. The van der Waals surface area contributed by atoms with Crippen LogP contribution in [0.15, 0.2) is 0 Å². The summed E-state index contributed by atoms with van der Waals surface area (Å²) >= 11 is 0. The molecule has 94 valence electrons. The van der Waals surface area contributed by atoms with Gasteiger partial charge in [-0.25, -0.2) is 0 Å². The van der Waals surface area contributed by atoms with Gasteiger partial charge in [-0.3, -0.25) is 4.79 Å². The molecule has 1 aliphatic heterocycles. The van der Waals surface area contributed by atoms with E-state index in [2.05, 4.69) is 0 Å². The Morgan fingerprint density at radius 3 is 2.50 bits per heavy atom. The van der Waals surface area contributed by atoms with Gasteiger partial charge in [0.05, 0.1) is 11.5 Å². The minimum Gasteiger partial charge on any atom is -0.380 e. The summed E-state index contributed by atoms with van der Waals surface area (Å²) < 4.78 is 5.28. The quantitative estimate of drug-likeness (QED) is 0.763. The van der Waals surface area contributed by atoms with Crippen molar-refractivity contribution < 1.29 is 9.53 Å². The van der Waals surface area contributed by atoms with Gasteiger partial charge >= 0.3 is 0 Å². The van der Waals surface area contributed by atoms with Crippen molar-refractivity contribution in [2.24, 2.45) is 11.1 Å². The van der Waals surface area contributed by atoms with Gasteiger partial charge < -0.3 is 15.4 Å². The Morgan fingerprint density at radius 2 is 2.12 bits per heavy atom. The third-order valence-corrected chi connectivity index (χ3v) is 3.96. The molecule has 1 atom stereocenters. The Balaban J connectivity index is 2.69. The van der Waals surface area contributed by atoms with Crippen LogP contribution in [0.3, 0.4) is 0 Å². The van der Waals surface area contributed by atoms with E-state index in [1.54, 1.807) is 7.11 Å². The molecule has 2 N–H and O–H groups in total. The van der Waals surface area contributed by atoms with E-state index in [0.29, 0.717) is 6.54 Å². The van der Waals surface area contributed by atoms with Crippen molar-refractivity contribution in [3.05, 3.63) is 0 Å². The maximum atomic E-state index is 12.4. The van der Waals surface area contributed by atoms with Crippen LogP contribution in [0.5, 0.6) is 0 Å². The van der Waals surface area contributed by atoms with Crippen LogP contribution < -0.4 is 5.73 Å². The van der Waals surface area contributed by atoms with Gasteiger partial charge in [-0.05, 0) is 19.3 Å². The van der Waals surface area contributed by atoms with Crippen LogP contribution >= 0.6 is 0 Å². The molecule has 0 radical (unpaired) electrons. The van der Waals surface area contributed by atoms with Crippen LogP contribution in [0.2, 0.25) is 0 Å². The predicted molar refractivity (Wildman–Crippen MR) is 64.1 cm³/mol. The molecule has 1 fully saturated rings. The van der Waals surface area contributed by atoms with E-state index < -0.39 is 0 Å². The SMILES string of the molecule is CCC(CC)(CN)C(=O)N1CC[C@H](OC)C1. The lowest BCUT2D eigenvalue weighted by Crippen LogP contribution is -2.47. The molecule has 1 amide bonds. The van der Waals surface area contributed by atoms with Gasteiger partial charge in [-0.15, -0.1) is 0 Å². The topological polar surface area (TPSA) is 55.6 Å². The zero-order chi connectivity index (χ0) is 12.2. The summed E-state index contributed by atoms with van der Waals surface area (Å²) in [6.45, 7) is 6.04. The van der Waals surface area contributed by atoms with Crippen LogP contribution in [-0.2, 0) is 9.53 Å². The standard InChI is InChI=1S/C12H24N2O2/c1-4-12(5-2,9-13)11(15)14-7-6-10(8-14)16-3/h10H,4-9,13H2,1-3H3/t10-/m0/s1. The molecule has 0 saturated carbocycles. The number of hydrogen-bond donors (Lipinski definition) is 1. The van der Waals surface area contributed by atoms with Crippen LogP contribution in [0, 0.1) is 5.41 Å². The lowest BCUT2D eigenvalue weighted by molar-refractivity contribution is -0.141. The molecule has 0 spiro atoms. The summed E-state index contributed by atoms with van der Waals surface area (Å²) in [6, 6.07) is 0. The van der Waals surface area contributed by atoms with Crippen molar-refractivity contribution in [1.29, 1.82) is 0 Å². The van der Waals surface area contributed by atoms with Crippen molar-refractivity contribution in [3.63, 3.8) is 0 Å². The highest BCUT2D eigenvalue weighted by molar-refractivity contribution is 5.83. The Bertz CT molecular complexity index is 231. The smallest absolute Gasteiger partial charge is 0.230 e. The molecular formula is C12H24N2O2. The van der Waals surface area contributed by atoms with Gasteiger partial charge in [0.15, 0.2) is 0 Å². The lowest BCUT2D eigenvalue weighted by Gasteiger charge is -2.33. The third-order valence-electron chi connectivity index (χ3n) is 3.96. The molecule has 4 heteroatoms. The number of carbonyl (C=O) groups excluding carboxylic acids is 1. The molecule has 0 unspecified atom stereocenters. The van der Waals surface area contributed by atoms with E-state index in [0.717, 1.165) is 32.4 Å². The fourth-order valence-corrected chi connectivity index (χ4v) is 2.37. The number of ether oxygens (including phenoxy) is 1. The van der Waals surface area contributed by atoms with Crippen molar-refractivity contribution in [1.82, 2.24) is 4.90 Å². The summed E-state index contributed by atoms with van der Waals surface area (Å²) in [4.78, 5) is 14.3. The molecule has 1 heterocycles. The predicted octanol–water partition coefficient (Wildman–Crippen LogP) is 0.999. The van der Waals surface area contributed by atoms with E-state index in [1.165, 1.54) is 0 Å². The summed E-state index contributed by atoms with van der Waals surface area (Å²) in [5.74, 6) is 0.208. The van der Waals surface area contributed by atoms with E-state index in [1.807, 2.05) is 18.7 Å². The number of nitrogens with zero attached hydrogens (tertiary/aromatic N) is 1. The van der Waals surface area contributed by atoms with Crippen molar-refractivity contribution >= 4 is 5.91 Å². The Labute approximate surface area is 98.1 Å². The monoisotopic (exact) mass is 228 g/mol. The first-order valence-corrected chi connectivity index (χ1v) is 6.15. The number of amides is 1. The highest BCUT2D eigenvalue weighted by atomic mass is 16.5. The average molecular weight is 228 g/mol. The fourth-order valence-electron chi connectivity index (χ4n) is 2.37. The van der Waals surface area contributed by atoms with Crippen LogP contribution in [0.25, 0.3) is 0 Å². The zero-order valence-electron chi connectivity index (χ0n) is 10.7. The summed E-state index contributed by atoms with van der Waals surface area (Å²) in [7, 11) is 1.70. The zero-order valence-corrected chi connectivity index (χ0v) is 10.7. The number of carbonyl (C=O) groups is 1. The molecule has 0 aromatic rings. The number of methoxy groups -OCH3 is 1. The highest BCUT2D eigenvalue weighted by Gasteiger charge is 2.39. The second-order valence-corrected chi connectivity index (χ2v) is 4.59. The molecule has 0 aliphatic carbocycles. The Hall–Kier alpha value is -0.610. The number of hydrogen-bond acceptors (Lipinski definition) is 3. The molecule has 1 aliphatic rings. The van der Waals surface area contributed by atoms with Gasteiger partial charge in [0.1, 0.15) is 0 Å². The fraction of sp³-hybridized carbons (Fsp3) is 0.917. The average Bonchev–Trinajstić information content (AvgIpc) is 2.80. The minimum atomic E-state index is -0.359. The normalized spacial score (nSPS) is 21.5. The number of rotatable bonds is 5. The van der Waals surface area contributed by atoms with E-state index >= 15 is 0 Å². The van der Waals surface area contributed by atoms with Crippen LogP contribution in [0.1, 0.15) is 33.1 Å². The molecule has 4 nitrogen and oxygen atoms in total. The van der Waals surface area contributed by atoms with Gasteiger partial charge in [-0.2, -0.15) is 0 Å². The maximum Gasteiger partial charge on any atom is 0.230 e. The molecular weight excluding hydrogens is 204 g/mol. The lowest BCUT2D eigenvalue weighted by atomic mass is 9.81. The largest absolute Gasteiger partial charge is 0.380 e. The van der Waals surface area contributed by atoms with Gasteiger partial charge in [0.25, 0.3) is 0 Å². The third kappa shape index (κ3) is 2.38. The molecule has 0 aromatic carbocycles.